The van der Waals surface area contributed by atoms with Gasteiger partial charge in [0.05, 0.1) is 18.0 Å². The molecule has 3 heterocycles. The minimum atomic E-state index is -0.861. The molecule has 2 aromatic heterocycles. The highest BCUT2D eigenvalue weighted by Gasteiger charge is 2.34. The van der Waals surface area contributed by atoms with E-state index in [1.54, 1.807) is 18.3 Å². The molecule has 1 aliphatic rings. The fourth-order valence-corrected chi connectivity index (χ4v) is 4.57. The zero-order chi connectivity index (χ0) is 20.3. The van der Waals surface area contributed by atoms with Gasteiger partial charge in [-0.1, -0.05) is 6.07 Å². The van der Waals surface area contributed by atoms with Gasteiger partial charge in [-0.3, -0.25) is 14.9 Å². The van der Waals surface area contributed by atoms with Crippen molar-refractivity contribution in [2.45, 2.75) is 32.7 Å². The molecule has 150 valence electrons. The van der Waals surface area contributed by atoms with Crippen LogP contribution in [-0.4, -0.2) is 37.5 Å². The lowest BCUT2D eigenvalue weighted by atomic mass is 10.1. The molecule has 9 heteroatoms. The van der Waals surface area contributed by atoms with Crippen LogP contribution < -0.4 is 16.0 Å². The van der Waals surface area contributed by atoms with Crippen LogP contribution in [-0.2, 0) is 9.53 Å². The number of likely N-dealkylation sites (tertiary alicyclic amines) is 1. The van der Waals surface area contributed by atoms with Crippen LogP contribution in [0.2, 0.25) is 0 Å². The maximum atomic E-state index is 12.6. The minimum Gasteiger partial charge on any atom is -0.462 e. The van der Waals surface area contributed by atoms with Crippen molar-refractivity contribution in [3.63, 3.8) is 0 Å². The second kappa shape index (κ2) is 8.57. The number of aryl methyl sites for hydroxylation is 1. The molecular weight excluding hydrogens is 382 g/mol. The summed E-state index contributed by atoms with van der Waals surface area (Å²) in [5, 5.41) is 4.65. The van der Waals surface area contributed by atoms with Crippen LogP contribution >= 0.6 is 11.3 Å². The van der Waals surface area contributed by atoms with E-state index in [0.717, 1.165) is 24.3 Å². The van der Waals surface area contributed by atoms with E-state index < -0.39 is 11.9 Å². The Labute approximate surface area is 166 Å². The third-order valence-electron chi connectivity index (χ3n) is 4.82. The standard InChI is InChI=1S/C19H23N3O5S/c1-3-26-19(25)15-11(2)27-18(16(15)17(20)24)21-14(23)10-22-8-4-6-12(22)13-7-5-9-28-13/h5,7,9,12H,3-4,6,8,10H2,1-2H3,(H2,20,24)(H,21,23)/p+1/t12-/m0/s1. The number of nitrogens with two attached hydrogens (primary N) is 1. The third-order valence-corrected chi connectivity index (χ3v) is 5.81. The molecule has 0 saturated carbocycles. The van der Waals surface area contributed by atoms with Crippen molar-refractivity contribution in [2.75, 3.05) is 25.0 Å². The number of rotatable bonds is 7. The van der Waals surface area contributed by atoms with Crippen LogP contribution in [0.25, 0.3) is 0 Å². The molecule has 4 N–H and O–H groups in total. The summed E-state index contributed by atoms with van der Waals surface area (Å²) in [5.74, 6) is -1.80. The zero-order valence-corrected chi connectivity index (χ0v) is 16.7. The molecule has 3 rings (SSSR count). The molecular formula is C19H24N3O5S+. The second-order valence-electron chi connectivity index (χ2n) is 6.67. The number of quaternary nitrogens is 1. The molecule has 2 aromatic rings. The second-order valence-corrected chi connectivity index (χ2v) is 7.64. The fourth-order valence-electron chi connectivity index (χ4n) is 3.65. The summed E-state index contributed by atoms with van der Waals surface area (Å²) in [6, 6.07) is 4.39. The van der Waals surface area contributed by atoms with Gasteiger partial charge in [0.15, 0.2) is 6.54 Å². The topological polar surface area (TPSA) is 116 Å². The lowest BCUT2D eigenvalue weighted by Gasteiger charge is -2.19. The highest BCUT2D eigenvalue weighted by atomic mass is 32.1. The Hall–Kier alpha value is -2.65. The lowest BCUT2D eigenvalue weighted by molar-refractivity contribution is -0.910. The molecule has 1 fully saturated rings. The monoisotopic (exact) mass is 406 g/mol. The molecule has 2 amide bonds. The van der Waals surface area contributed by atoms with Crippen LogP contribution in [0.1, 0.15) is 57.2 Å². The van der Waals surface area contributed by atoms with Crippen molar-refractivity contribution >= 4 is 35.0 Å². The van der Waals surface area contributed by atoms with Crippen molar-refractivity contribution in [1.29, 1.82) is 0 Å². The Morgan fingerprint density at radius 2 is 2.18 bits per heavy atom. The van der Waals surface area contributed by atoms with Gasteiger partial charge in [0.2, 0.25) is 5.88 Å². The number of carbonyl (C=O) groups excluding carboxylic acids is 3. The van der Waals surface area contributed by atoms with Gasteiger partial charge in [0.25, 0.3) is 11.8 Å². The number of primary amides is 1. The number of furan rings is 1. The maximum absolute atomic E-state index is 12.6. The van der Waals surface area contributed by atoms with E-state index in [-0.39, 0.29) is 47.9 Å². The first-order valence-corrected chi connectivity index (χ1v) is 10.1. The van der Waals surface area contributed by atoms with E-state index in [0.29, 0.717) is 0 Å². The first kappa shape index (κ1) is 20.1. The molecule has 1 aliphatic heterocycles. The van der Waals surface area contributed by atoms with E-state index in [1.807, 2.05) is 11.4 Å². The number of ether oxygens (including phenoxy) is 1. The fraction of sp³-hybridized carbons (Fsp3) is 0.421. The summed E-state index contributed by atoms with van der Waals surface area (Å²) in [6.07, 6.45) is 2.08. The van der Waals surface area contributed by atoms with Gasteiger partial charge in [-0.15, -0.1) is 11.3 Å². The number of carbonyl (C=O) groups is 3. The summed E-state index contributed by atoms with van der Waals surface area (Å²) in [6.45, 7) is 4.45. The Kier molecular flexibility index (Phi) is 6.15. The molecule has 1 saturated heterocycles. The third kappa shape index (κ3) is 4.10. The first-order chi connectivity index (χ1) is 13.4. The molecule has 0 spiro atoms. The Morgan fingerprint density at radius 1 is 1.39 bits per heavy atom. The van der Waals surface area contributed by atoms with Crippen molar-refractivity contribution in [2.24, 2.45) is 5.73 Å². The number of thiophene rings is 1. The average molecular weight is 406 g/mol. The largest absolute Gasteiger partial charge is 0.462 e. The highest BCUT2D eigenvalue weighted by Crippen LogP contribution is 2.28. The van der Waals surface area contributed by atoms with Gasteiger partial charge in [0.1, 0.15) is 22.9 Å². The Bertz CT molecular complexity index is 875. The molecule has 8 nitrogen and oxygen atoms in total. The molecule has 0 aromatic carbocycles. The van der Waals surface area contributed by atoms with Gasteiger partial charge in [-0.2, -0.15) is 0 Å². The zero-order valence-electron chi connectivity index (χ0n) is 15.9. The predicted molar refractivity (Wildman–Crippen MR) is 104 cm³/mol. The number of nitrogens with one attached hydrogen (secondary N) is 2. The van der Waals surface area contributed by atoms with Crippen LogP contribution in [0.15, 0.2) is 21.9 Å². The smallest absolute Gasteiger partial charge is 0.342 e. The summed E-state index contributed by atoms with van der Waals surface area (Å²) in [5.41, 5.74) is 5.22. The van der Waals surface area contributed by atoms with E-state index in [1.165, 1.54) is 11.8 Å². The lowest BCUT2D eigenvalue weighted by Crippen LogP contribution is -3.11. The van der Waals surface area contributed by atoms with Gasteiger partial charge in [-0.05, 0) is 25.3 Å². The van der Waals surface area contributed by atoms with E-state index >= 15 is 0 Å². The van der Waals surface area contributed by atoms with E-state index in [9.17, 15) is 14.4 Å². The number of hydrogen-bond acceptors (Lipinski definition) is 6. The number of anilines is 1. The molecule has 0 radical (unpaired) electrons. The van der Waals surface area contributed by atoms with Crippen LogP contribution in [0.5, 0.6) is 0 Å². The summed E-state index contributed by atoms with van der Waals surface area (Å²) in [4.78, 5) is 39.1. The number of hydrogen-bond donors (Lipinski definition) is 3. The molecule has 2 atom stereocenters. The van der Waals surface area contributed by atoms with Crippen molar-refractivity contribution in [3.05, 3.63) is 39.3 Å². The molecule has 0 bridgehead atoms. The molecule has 28 heavy (non-hydrogen) atoms. The van der Waals surface area contributed by atoms with Crippen LogP contribution in [0.4, 0.5) is 5.88 Å². The maximum Gasteiger partial charge on any atom is 0.342 e. The minimum absolute atomic E-state index is 0.0466. The van der Waals surface area contributed by atoms with E-state index in [2.05, 4.69) is 11.4 Å². The molecule has 0 aliphatic carbocycles. The van der Waals surface area contributed by atoms with Crippen molar-refractivity contribution in [3.8, 4) is 0 Å². The van der Waals surface area contributed by atoms with E-state index in [4.69, 9.17) is 14.9 Å². The van der Waals surface area contributed by atoms with Gasteiger partial charge in [-0.25, -0.2) is 4.79 Å². The Morgan fingerprint density at radius 3 is 2.82 bits per heavy atom. The van der Waals surface area contributed by atoms with Gasteiger partial charge < -0.3 is 19.8 Å². The normalized spacial score (nSPS) is 18.8. The number of amides is 2. The SMILES string of the molecule is CCOC(=O)c1c(C)oc(NC(=O)C[NH+]2CCC[C@H]2c2cccs2)c1C(N)=O. The predicted octanol–water partition coefficient (Wildman–Crippen LogP) is 1.28. The Balaban J connectivity index is 1.76. The van der Waals surface area contributed by atoms with Crippen LogP contribution in [0, 0.1) is 6.92 Å². The van der Waals surface area contributed by atoms with Crippen LogP contribution in [0.3, 0.4) is 0 Å². The summed E-state index contributed by atoms with van der Waals surface area (Å²) >= 11 is 1.69. The quantitative estimate of drug-likeness (QED) is 0.599. The van der Waals surface area contributed by atoms with Gasteiger partial charge >= 0.3 is 5.97 Å². The average Bonchev–Trinajstić information content (AvgIpc) is 3.34. The van der Waals surface area contributed by atoms with Gasteiger partial charge in [0, 0.05) is 12.8 Å². The van der Waals surface area contributed by atoms with Crippen molar-refractivity contribution in [1.82, 2.24) is 0 Å². The number of esters is 1. The molecule has 1 unspecified atom stereocenters. The van der Waals surface area contributed by atoms with Crippen molar-refractivity contribution < 1.29 is 28.4 Å². The summed E-state index contributed by atoms with van der Waals surface area (Å²) < 4.78 is 10.4. The summed E-state index contributed by atoms with van der Waals surface area (Å²) in [7, 11) is 0. The highest BCUT2D eigenvalue weighted by molar-refractivity contribution is 7.10. The first-order valence-electron chi connectivity index (χ1n) is 9.20.